The Morgan fingerprint density at radius 2 is 1.55 bits per heavy atom. The maximum atomic E-state index is 13.1. The van der Waals surface area contributed by atoms with Gasteiger partial charge in [-0.15, -0.1) is 10.2 Å². The second kappa shape index (κ2) is 10.2. The lowest BCUT2D eigenvalue weighted by Crippen LogP contribution is -2.49. The van der Waals surface area contributed by atoms with E-state index in [1.54, 1.807) is 19.2 Å². The van der Waals surface area contributed by atoms with Crippen LogP contribution in [0, 0.1) is 0 Å². The number of anilines is 2. The Bertz CT molecular complexity index is 853. The predicted octanol–water partition coefficient (Wildman–Crippen LogP) is 2.31. The minimum absolute atomic E-state index is 0.0677. The van der Waals surface area contributed by atoms with Crippen molar-refractivity contribution in [2.24, 2.45) is 0 Å². The van der Waals surface area contributed by atoms with Crippen LogP contribution in [0.15, 0.2) is 24.3 Å². The van der Waals surface area contributed by atoms with Gasteiger partial charge in [0.1, 0.15) is 0 Å². The van der Waals surface area contributed by atoms with Crippen LogP contribution < -0.4 is 24.0 Å². The third-order valence-electron chi connectivity index (χ3n) is 5.53. The number of ether oxygens (including phenoxy) is 3. The van der Waals surface area contributed by atoms with E-state index in [9.17, 15) is 4.79 Å². The highest BCUT2D eigenvalue weighted by Crippen LogP contribution is 2.38. The van der Waals surface area contributed by atoms with Gasteiger partial charge >= 0.3 is 0 Å². The molecule has 0 N–H and O–H groups in total. The number of piperazine rings is 1. The fourth-order valence-electron chi connectivity index (χ4n) is 3.73. The van der Waals surface area contributed by atoms with Gasteiger partial charge in [-0.2, -0.15) is 0 Å². The SMILES string of the molecule is CCN(CC)c1ccc(N2CCN(C(=O)c3cc(OC)c(OC)c(OC)c3)CC2)nn1. The molecule has 1 aromatic heterocycles. The molecule has 31 heavy (non-hydrogen) atoms. The molecule has 0 radical (unpaired) electrons. The van der Waals surface area contributed by atoms with Gasteiger partial charge in [-0.3, -0.25) is 4.79 Å². The van der Waals surface area contributed by atoms with E-state index < -0.39 is 0 Å². The molecule has 1 aliphatic rings. The summed E-state index contributed by atoms with van der Waals surface area (Å²) >= 11 is 0. The highest BCUT2D eigenvalue weighted by atomic mass is 16.5. The molecule has 0 spiro atoms. The van der Waals surface area contributed by atoms with Crippen molar-refractivity contribution in [1.29, 1.82) is 0 Å². The number of hydrogen-bond acceptors (Lipinski definition) is 8. The lowest BCUT2D eigenvalue weighted by atomic mass is 10.1. The van der Waals surface area contributed by atoms with E-state index in [-0.39, 0.29) is 5.91 Å². The molecule has 1 amide bonds. The van der Waals surface area contributed by atoms with Crippen LogP contribution in [0.2, 0.25) is 0 Å². The number of nitrogens with zero attached hydrogens (tertiary/aromatic N) is 5. The van der Waals surface area contributed by atoms with Gasteiger partial charge in [0, 0.05) is 44.8 Å². The van der Waals surface area contributed by atoms with Crippen LogP contribution in [-0.4, -0.2) is 81.6 Å². The van der Waals surface area contributed by atoms with E-state index in [2.05, 4.69) is 33.8 Å². The number of rotatable bonds is 8. The van der Waals surface area contributed by atoms with Crippen molar-refractivity contribution in [3.63, 3.8) is 0 Å². The maximum absolute atomic E-state index is 13.1. The van der Waals surface area contributed by atoms with Crippen LogP contribution in [-0.2, 0) is 0 Å². The zero-order valence-corrected chi connectivity index (χ0v) is 18.9. The molecule has 1 aliphatic heterocycles. The fraction of sp³-hybridized carbons (Fsp3) is 0.500. The number of aromatic nitrogens is 2. The van der Waals surface area contributed by atoms with Gasteiger partial charge in [-0.05, 0) is 38.1 Å². The first-order valence-electron chi connectivity index (χ1n) is 10.5. The molecule has 0 unspecified atom stereocenters. The summed E-state index contributed by atoms with van der Waals surface area (Å²) in [7, 11) is 4.62. The average molecular weight is 430 g/mol. The third kappa shape index (κ3) is 4.76. The molecule has 0 bridgehead atoms. The maximum Gasteiger partial charge on any atom is 0.254 e. The normalized spacial score (nSPS) is 13.7. The minimum atomic E-state index is -0.0677. The predicted molar refractivity (Wildman–Crippen MR) is 120 cm³/mol. The summed E-state index contributed by atoms with van der Waals surface area (Å²) in [6, 6.07) is 7.38. The van der Waals surface area contributed by atoms with Crippen molar-refractivity contribution in [3.8, 4) is 17.2 Å². The highest BCUT2D eigenvalue weighted by Gasteiger charge is 2.25. The first-order valence-corrected chi connectivity index (χ1v) is 10.5. The van der Waals surface area contributed by atoms with Crippen molar-refractivity contribution in [1.82, 2.24) is 15.1 Å². The van der Waals surface area contributed by atoms with Crippen LogP contribution in [0.4, 0.5) is 11.6 Å². The van der Waals surface area contributed by atoms with E-state index in [1.165, 1.54) is 14.2 Å². The van der Waals surface area contributed by atoms with E-state index in [0.717, 1.165) is 24.7 Å². The van der Waals surface area contributed by atoms with E-state index in [4.69, 9.17) is 14.2 Å². The molecule has 0 aliphatic carbocycles. The Kier molecular flexibility index (Phi) is 7.38. The first kappa shape index (κ1) is 22.5. The number of benzene rings is 1. The van der Waals surface area contributed by atoms with Gasteiger partial charge in [0.2, 0.25) is 5.75 Å². The number of hydrogen-bond donors (Lipinski definition) is 0. The van der Waals surface area contributed by atoms with Crippen molar-refractivity contribution in [2.75, 3.05) is 70.4 Å². The van der Waals surface area contributed by atoms with E-state index in [1.807, 2.05) is 17.0 Å². The second-order valence-corrected chi connectivity index (χ2v) is 7.12. The van der Waals surface area contributed by atoms with Crippen molar-refractivity contribution >= 4 is 17.5 Å². The topological polar surface area (TPSA) is 80.3 Å². The molecule has 2 aromatic rings. The van der Waals surface area contributed by atoms with Gasteiger partial charge in [0.25, 0.3) is 5.91 Å². The summed E-state index contributed by atoms with van der Waals surface area (Å²) in [6.45, 7) is 8.56. The molecule has 2 heterocycles. The summed E-state index contributed by atoms with van der Waals surface area (Å²) in [5.41, 5.74) is 0.506. The zero-order valence-electron chi connectivity index (χ0n) is 18.9. The molecule has 1 fully saturated rings. The zero-order chi connectivity index (χ0) is 22.4. The van der Waals surface area contributed by atoms with Crippen molar-refractivity contribution < 1.29 is 19.0 Å². The molecule has 0 atom stereocenters. The quantitative estimate of drug-likeness (QED) is 0.633. The minimum Gasteiger partial charge on any atom is -0.493 e. The summed E-state index contributed by atoms with van der Waals surface area (Å²) in [5, 5.41) is 8.76. The lowest BCUT2D eigenvalue weighted by molar-refractivity contribution is 0.0745. The Hall–Kier alpha value is -3.23. The molecule has 1 aromatic carbocycles. The Morgan fingerprint density at radius 1 is 0.935 bits per heavy atom. The number of methoxy groups -OCH3 is 3. The van der Waals surface area contributed by atoms with Gasteiger partial charge < -0.3 is 28.9 Å². The molecule has 9 heteroatoms. The Morgan fingerprint density at radius 3 is 2.00 bits per heavy atom. The van der Waals surface area contributed by atoms with Gasteiger partial charge in [-0.1, -0.05) is 0 Å². The van der Waals surface area contributed by atoms with Crippen LogP contribution in [0.5, 0.6) is 17.2 Å². The number of carbonyl (C=O) groups excluding carboxylic acids is 1. The van der Waals surface area contributed by atoms with Gasteiger partial charge in [0.05, 0.1) is 21.3 Å². The van der Waals surface area contributed by atoms with Crippen LogP contribution in [0.1, 0.15) is 24.2 Å². The Balaban J connectivity index is 1.67. The Labute approximate surface area is 183 Å². The standard InChI is InChI=1S/C22H31N5O4/c1-6-25(7-2)19-8-9-20(24-23-19)26-10-12-27(13-11-26)22(28)16-14-17(29-3)21(31-5)18(15-16)30-4/h8-9,14-15H,6-7,10-13H2,1-5H3. The number of amides is 1. The van der Waals surface area contributed by atoms with Crippen LogP contribution in [0.3, 0.4) is 0 Å². The fourth-order valence-corrected chi connectivity index (χ4v) is 3.73. The molecular formula is C22H31N5O4. The second-order valence-electron chi connectivity index (χ2n) is 7.12. The highest BCUT2D eigenvalue weighted by molar-refractivity contribution is 5.95. The van der Waals surface area contributed by atoms with Crippen LogP contribution in [0.25, 0.3) is 0 Å². The monoisotopic (exact) mass is 429 g/mol. The molecule has 0 saturated carbocycles. The van der Waals surface area contributed by atoms with Gasteiger partial charge in [-0.25, -0.2) is 0 Å². The third-order valence-corrected chi connectivity index (χ3v) is 5.53. The molecule has 1 saturated heterocycles. The van der Waals surface area contributed by atoms with Crippen molar-refractivity contribution in [3.05, 3.63) is 29.8 Å². The molecular weight excluding hydrogens is 398 g/mol. The smallest absolute Gasteiger partial charge is 0.254 e. The van der Waals surface area contributed by atoms with E-state index in [0.29, 0.717) is 49.0 Å². The molecule has 168 valence electrons. The molecule has 3 rings (SSSR count). The summed E-state index contributed by atoms with van der Waals surface area (Å²) in [6.07, 6.45) is 0. The summed E-state index contributed by atoms with van der Waals surface area (Å²) in [5.74, 6) is 3.04. The summed E-state index contributed by atoms with van der Waals surface area (Å²) in [4.78, 5) is 19.2. The lowest BCUT2D eigenvalue weighted by Gasteiger charge is -2.35. The number of carbonyl (C=O) groups is 1. The van der Waals surface area contributed by atoms with Crippen molar-refractivity contribution in [2.45, 2.75) is 13.8 Å². The van der Waals surface area contributed by atoms with Gasteiger partial charge in [0.15, 0.2) is 23.1 Å². The largest absolute Gasteiger partial charge is 0.493 e. The summed E-state index contributed by atoms with van der Waals surface area (Å²) < 4.78 is 16.1. The van der Waals surface area contributed by atoms with E-state index >= 15 is 0 Å². The van der Waals surface area contributed by atoms with Crippen LogP contribution >= 0.6 is 0 Å². The first-order chi connectivity index (χ1) is 15.1. The average Bonchev–Trinajstić information content (AvgIpc) is 2.83. The molecule has 9 nitrogen and oxygen atoms in total.